The van der Waals surface area contributed by atoms with Gasteiger partial charge >= 0.3 is 0 Å². The lowest BCUT2D eigenvalue weighted by Gasteiger charge is -2.50. The quantitative estimate of drug-likeness (QED) is 0.199. The number of ether oxygens (including phenoxy) is 5. The van der Waals surface area contributed by atoms with Crippen molar-refractivity contribution in [2.75, 3.05) is 13.7 Å². The molecule has 1 aliphatic heterocycles. The van der Waals surface area contributed by atoms with E-state index >= 15 is 0 Å². The minimum atomic E-state index is -0.969. The molecule has 0 aromatic heterocycles. The molecule has 1 saturated heterocycles. The van der Waals surface area contributed by atoms with Gasteiger partial charge in [-0.05, 0) is 22.3 Å². The minimum absolute atomic E-state index is 0.261. The number of methoxy groups -OCH3 is 1. The zero-order valence-electron chi connectivity index (χ0n) is 23.6. The van der Waals surface area contributed by atoms with Crippen molar-refractivity contribution in [3.63, 3.8) is 0 Å². The van der Waals surface area contributed by atoms with E-state index in [-0.39, 0.29) is 12.7 Å². The van der Waals surface area contributed by atoms with Crippen LogP contribution >= 0.6 is 0 Å². The third-order valence-electron chi connectivity index (χ3n) is 7.36. The number of hydrogen-bond acceptors (Lipinski definition) is 6. The van der Waals surface area contributed by atoms with Gasteiger partial charge in [0.25, 0.3) is 0 Å². The van der Waals surface area contributed by atoms with Crippen LogP contribution in [0.25, 0.3) is 0 Å². The van der Waals surface area contributed by atoms with Crippen molar-refractivity contribution in [2.24, 2.45) is 0 Å². The van der Waals surface area contributed by atoms with Crippen LogP contribution in [0.2, 0.25) is 0 Å². The van der Waals surface area contributed by atoms with E-state index in [0.717, 1.165) is 22.3 Å². The van der Waals surface area contributed by atoms with Gasteiger partial charge in [-0.2, -0.15) is 0 Å². The Balaban J connectivity index is 1.45. The highest BCUT2D eigenvalue weighted by molar-refractivity contribution is 5.17. The molecule has 0 saturated carbocycles. The van der Waals surface area contributed by atoms with Gasteiger partial charge in [0.1, 0.15) is 6.23 Å². The lowest BCUT2D eigenvalue weighted by atomic mass is 9.88. The lowest BCUT2D eigenvalue weighted by Crippen LogP contribution is -2.68. The first-order valence-corrected chi connectivity index (χ1v) is 14.2. The van der Waals surface area contributed by atoms with Crippen LogP contribution in [-0.4, -0.2) is 37.9 Å². The molecule has 4 aromatic rings. The summed E-state index contributed by atoms with van der Waals surface area (Å²) in [7, 11) is 1.66. The van der Waals surface area contributed by atoms with Crippen LogP contribution in [0.3, 0.4) is 0 Å². The Kier molecular flexibility index (Phi) is 10.7. The van der Waals surface area contributed by atoms with Crippen molar-refractivity contribution < 1.29 is 23.7 Å². The SMILES string of the molecule is CO[C@H]1C[C@@H](OCc2ccccc2)[C@@](COCc2ccccc2)(OCc2ccccc2)[C@H](NCc2ccccc2)O1. The van der Waals surface area contributed by atoms with Crippen molar-refractivity contribution in [1.82, 2.24) is 5.32 Å². The van der Waals surface area contributed by atoms with E-state index in [2.05, 4.69) is 53.8 Å². The third-order valence-corrected chi connectivity index (χ3v) is 7.36. The standard InChI is InChI=1S/C35H39NO5/c1-37-33-22-32(39-25-30-18-10-4-11-19-30)35(40-26-31-20-12-5-13-21-31,27-38-24-29-16-8-3-9-17-29)34(41-33)36-23-28-14-6-2-7-15-28/h2-21,32-34,36H,22-27H2,1H3/t32-,33-,34-,35-/m1/s1. The Labute approximate surface area is 243 Å². The van der Waals surface area contributed by atoms with E-state index in [1.54, 1.807) is 7.11 Å². The zero-order valence-corrected chi connectivity index (χ0v) is 23.6. The molecule has 0 radical (unpaired) electrons. The van der Waals surface area contributed by atoms with E-state index in [0.29, 0.717) is 32.8 Å². The molecule has 6 heteroatoms. The molecular formula is C35H39NO5. The molecule has 0 amide bonds. The van der Waals surface area contributed by atoms with E-state index in [9.17, 15) is 0 Å². The molecule has 214 valence electrons. The number of benzene rings is 4. The summed E-state index contributed by atoms with van der Waals surface area (Å²) in [5, 5.41) is 3.62. The van der Waals surface area contributed by atoms with E-state index in [4.69, 9.17) is 23.7 Å². The summed E-state index contributed by atoms with van der Waals surface area (Å²) in [5.74, 6) is 0. The van der Waals surface area contributed by atoms with Gasteiger partial charge in [0.2, 0.25) is 0 Å². The summed E-state index contributed by atoms with van der Waals surface area (Å²) in [4.78, 5) is 0. The second-order valence-corrected chi connectivity index (χ2v) is 10.3. The Morgan fingerprint density at radius 1 is 0.683 bits per heavy atom. The Bertz CT molecular complexity index is 1220. The molecule has 1 N–H and O–H groups in total. The Hall–Kier alpha value is -3.36. The van der Waals surface area contributed by atoms with Gasteiger partial charge < -0.3 is 23.7 Å². The maximum Gasteiger partial charge on any atom is 0.162 e. The molecule has 1 heterocycles. The molecule has 4 atom stereocenters. The Morgan fingerprint density at radius 3 is 1.76 bits per heavy atom. The largest absolute Gasteiger partial charge is 0.374 e. The van der Waals surface area contributed by atoms with Crippen LogP contribution in [0.5, 0.6) is 0 Å². The van der Waals surface area contributed by atoms with Gasteiger partial charge in [-0.3, -0.25) is 5.32 Å². The van der Waals surface area contributed by atoms with Crippen LogP contribution in [0.1, 0.15) is 28.7 Å². The molecule has 0 spiro atoms. The fourth-order valence-corrected chi connectivity index (χ4v) is 5.10. The second-order valence-electron chi connectivity index (χ2n) is 10.3. The predicted octanol–water partition coefficient (Wildman–Crippen LogP) is 6.25. The average molecular weight is 554 g/mol. The second kappa shape index (κ2) is 15.0. The maximum absolute atomic E-state index is 6.90. The minimum Gasteiger partial charge on any atom is -0.374 e. The summed E-state index contributed by atoms with van der Waals surface area (Å²) < 4.78 is 32.3. The van der Waals surface area contributed by atoms with Crippen molar-refractivity contribution in [2.45, 2.75) is 57.0 Å². The van der Waals surface area contributed by atoms with Gasteiger partial charge in [-0.25, -0.2) is 0 Å². The molecule has 5 rings (SSSR count). The predicted molar refractivity (Wildman–Crippen MR) is 159 cm³/mol. The molecule has 1 aliphatic rings. The first kappa shape index (κ1) is 29.1. The summed E-state index contributed by atoms with van der Waals surface area (Å²) >= 11 is 0. The highest BCUT2D eigenvalue weighted by Crippen LogP contribution is 2.36. The van der Waals surface area contributed by atoms with Crippen LogP contribution in [-0.2, 0) is 50.0 Å². The van der Waals surface area contributed by atoms with E-state index in [1.807, 2.05) is 72.8 Å². The number of rotatable bonds is 14. The molecule has 0 unspecified atom stereocenters. The lowest BCUT2D eigenvalue weighted by molar-refractivity contribution is -0.323. The smallest absolute Gasteiger partial charge is 0.162 e. The third kappa shape index (κ3) is 8.11. The number of nitrogens with one attached hydrogen (secondary N) is 1. The first-order chi connectivity index (χ1) is 20.2. The summed E-state index contributed by atoms with van der Waals surface area (Å²) in [5.41, 5.74) is 3.41. The first-order valence-electron chi connectivity index (χ1n) is 14.2. The normalized spacial score (nSPS) is 22.4. The molecule has 0 aliphatic carbocycles. The summed E-state index contributed by atoms with van der Waals surface area (Å²) in [6, 6.07) is 40.8. The molecular weight excluding hydrogens is 514 g/mol. The van der Waals surface area contributed by atoms with Crippen LogP contribution in [0.4, 0.5) is 0 Å². The van der Waals surface area contributed by atoms with Gasteiger partial charge in [-0.15, -0.1) is 0 Å². The van der Waals surface area contributed by atoms with Gasteiger partial charge in [-0.1, -0.05) is 121 Å². The van der Waals surface area contributed by atoms with Gasteiger partial charge in [0, 0.05) is 20.1 Å². The summed E-state index contributed by atoms with van der Waals surface area (Å²) in [6.07, 6.45) is -0.918. The van der Waals surface area contributed by atoms with Gasteiger partial charge in [0.05, 0.1) is 32.5 Å². The molecule has 4 aromatic carbocycles. The van der Waals surface area contributed by atoms with Crippen LogP contribution in [0, 0.1) is 0 Å². The summed E-state index contributed by atoms with van der Waals surface area (Å²) in [6.45, 7) is 2.11. The fourth-order valence-electron chi connectivity index (χ4n) is 5.10. The van der Waals surface area contributed by atoms with Crippen LogP contribution < -0.4 is 5.32 Å². The zero-order chi connectivity index (χ0) is 28.2. The average Bonchev–Trinajstić information content (AvgIpc) is 3.04. The van der Waals surface area contributed by atoms with Crippen molar-refractivity contribution in [3.05, 3.63) is 144 Å². The molecule has 1 fully saturated rings. The van der Waals surface area contributed by atoms with Crippen molar-refractivity contribution in [1.29, 1.82) is 0 Å². The monoisotopic (exact) mass is 553 g/mol. The molecule has 0 bridgehead atoms. The molecule has 41 heavy (non-hydrogen) atoms. The van der Waals surface area contributed by atoms with E-state index in [1.165, 1.54) is 0 Å². The Morgan fingerprint density at radius 2 is 1.20 bits per heavy atom. The topological polar surface area (TPSA) is 58.2 Å². The van der Waals surface area contributed by atoms with Crippen LogP contribution in [0.15, 0.2) is 121 Å². The van der Waals surface area contributed by atoms with Gasteiger partial charge in [0.15, 0.2) is 11.9 Å². The van der Waals surface area contributed by atoms with Crippen molar-refractivity contribution in [3.8, 4) is 0 Å². The number of hydrogen-bond donors (Lipinski definition) is 1. The molecule has 6 nitrogen and oxygen atoms in total. The maximum atomic E-state index is 6.90. The fraction of sp³-hybridized carbons (Fsp3) is 0.314. The highest BCUT2D eigenvalue weighted by Gasteiger charge is 2.54. The van der Waals surface area contributed by atoms with Crippen molar-refractivity contribution >= 4 is 0 Å². The van der Waals surface area contributed by atoms with E-state index < -0.39 is 18.1 Å². The highest BCUT2D eigenvalue weighted by atomic mass is 16.7.